The van der Waals surface area contributed by atoms with Crippen LogP contribution >= 0.6 is 15.6 Å². The number of aliphatic hydroxyl groups excluding tert-OH is 1. The Morgan fingerprint density at radius 2 is 1.61 bits per heavy atom. The molecule has 1 amide bonds. The third kappa shape index (κ3) is 10.1. The van der Waals surface area contributed by atoms with Gasteiger partial charge in [-0.15, -0.1) is 0 Å². The summed E-state index contributed by atoms with van der Waals surface area (Å²) in [6.07, 6.45) is -1.55. The second kappa shape index (κ2) is 17.3. The summed E-state index contributed by atoms with van der Waals surface area (Å²) >= 11 is 0. The molecule has 1 saturated heterocycles. The van der Waals surface area contributed by atoms with Crippen molar-refractivity contribution in [1.29, 1.82) is 0 Å². The minimum Gasteiger partial charge on any atom is -0.756 e. The number of fused-ring (bicyclic) bond motifs is 3. The Bertz CT molecular complexity index is 2240. The molecule has 0 spiro atoms. The Morgan fingerprint density at radius 1 is 0.946 bits per heavy atom. The minimum absolute atomic E-state index is 0.00186. The van der Waals surface area contributed by atoms with Gasteiger partial charge in [-0.2, -0.15) is 4.57 Å². The molecule has 0 bridgehead atoms. The van der Waals surface area contributed by atoms with Crippen LogP contribution in [0, 0.1) is 0 Å². The van der Waals surface area contributed by atoms with E-state index in [1.165, 1.54) is 4.57 Å². The molecule has 4 heterocycles. The topological polar surface area (TPSA) is 332 Å². The first-order valence-corrected chi connectivity index (χ1v) is 20.8. The molecule has 1 unspecified atom stereocenters. The van der Waals surface area contributed by atoms with Crippen LogP contribution in [0.15, 0.2) is 48.8 Å². The SMILES string of the molecule is Nc1ccc2cc3ccc(N)cc3[n+](CCCC(=O)NCCCCCCNc3nc4c(N)ncnc4n3[C@@H]3O[C@H](COP(=O)([O-])O)[C@@H](OP(=O)(O)O)[C@H]3O)c2c1. The van der Waals surface area contributed by atoms with E-state index in [-0.39, 0.29) is 28.8 Å². The van der Waals surface area contributed by atoms with Crippen molar-refractivity contribution < 1.29 is 57.0 Å². The molecule has 21 nitrogen and oxygen atoms in total. The van der Waals surface area contributed by atoms with E-state index in [4.69, 9.17) is 31.4 Å². The number of phosphoric ester groups is 2. The number of aryl methyl sites for hydroxylation is 1. The van der Waals surface area contributed by atoms with Gasteiger partial charge in [-0.3, -0.25) is 18.5 Å². The maximum Gasteiger partial charge on any atom is 0.470 e. The van der Waals surface area contributed by atoms with Crippen LogP contribution in [0.5, 0.6) is 0 Å². The Labute approximate surface area is 319 Å². The first-order chi connectivity index (χ1) is 26.6. The van der Waals surface area contributed by atoms with Gasteiger partial charge >= 0.3 is 7.82 Å². The molecule has 56 heavy (non-hydrogen) atoms. The molecule has 12 N–H and O–H groups in total. The Morgan fingerprint density at radius 3 is 2.25 bits per heavy atom. The van der Waals surface area contributed by atoms with E-state index in [1.54, 1.807) is 0 Å². The smallest absolute Gasteiger partial charge is 0.470 e. The van der Waals surface area contributed by atoms with E-state index >= 15 is 0 Å². The third-order valence-corrected chi connectivity index (χ3v) is 10.2. The number of phosphoric acid groups is 2. The summed E-state index contributed by atoms with van der Waals surface area (Å²) in [5, 5.41) is 19.3. The normalized spacial score (nSPS) is 19.8. The number of rotatable bonds is 18. The van der Waals surface area contributed by atoms with Gasteiger partial charge in [-0.1, -0.05) is 12.8 Å². The number of unbranched alkanes of at least 4 members (excludes halogenated alkanes) is 3. The summed E-state index contributed by atoms with van der Waals surface area (Å²) in [4.78, 5) is 64.4. The molecule has 2 aromatic carbocycles. The molecule has 3 aromatic heterocycles. The number of ether oxygens (including phenoxy) is 1. The molecule has 6 rings (SSSR count). The van der Waals surface area contributed by atoms with Gasteiger partial charge in [0.05, 0.1) is 6.61 Å². The van der Waals surface area contributed by atoms with Crippen LogP contribution in [-0.4, -0.2) is 83.2 Å². The molecule has 0 saturated carbocycles. The second-order valence-corrected chi connectivity index (χ2v) is 15.7. The van der Waals surface area contributed by atoms with Gasteiger partial charge in [0.15, 0.2) is 23.2 Å². The second-order valence-electron chi connectivity index (χ2n) is 13.3. The zero-order valence-electron chi connectivity index (χ0n) is 30.0. The maximum atomic E-state index is 12.7. The molecule has 5 aromatic rings. The van der Waals surface area contributed by atoms with Crippen molar-refractivity contribution in [3.63, 3.8) is 0 Å². The van der Waals surface area contributed by atoms with Gasteiger partial charge in [0, 0.05) is 60.2 Å². The number of carbonyl (C=O) groups excluding carboxylic acids is 1. The fourth-order valence-corrected chi connectivity index (χ4v) is 7.62. The number of carbonyl (C=O) groups is 1. The predicted molar refractivity (Wildman–Crippen MR) is 202 cm³/mol. The number of aromatic nitrogens is 5. The molecule has 23 heteroatoms. The number of hydrogen-bond donors (Lipinski definition) is 9. The number of pyridine rings is 1. The van der Waals surface area contributed by atoms with Crippen LogP contribution in [0.3, 0.4) is 0 Å². The van der Waals surface area contributed by atoms with Crippen molar-refractivity contribution in [3.05, 3.63) is 48.8 Å². The highest BCUT2D eigenvalue weighted by molar-refractivity contribution is 7.46. The number of amides is 1. The molecule has 302 valence electrons. The zero-order valence-corrected chi connectivity index (χ0v) is 31.8. The lowest BCUT2D eigenvalue weighted by Crippen LogP contribution is -2.36. The van der Waals surface area contributed by atoms with Gasteiger partial charge in [0.2, 0.25) is 22.9 Å². The molecule has 0 aliphatic carbocycles. The van der Waals surface area contributed by atoms with Crippen molar-refractivity contribution in [2.45, 2.75) is 69.6 Å². The lowest BCUT2D eigenvalue weighted by molar-refractivity contribution is -0.645. The van der Waals surface area contributed by atoms with E-state index in [2.05, 4.69) is 40.7 Å². The molecule has 1 fully saturated rings. The Balaban J connectivity index is 0.991. The third-order valence-electron chi connectivity index (χ3n) is 9.23. The predicted octanol–water partition coefficient (Wildman–Crippen LogP) is 0.949. The number of nitrogens with zero attached hydrogens (tertiary/aromatic N) is 5. The average molecular weight is 819 g/mol. The number of benzene rings is 2. The number of nitrogens with one attached hydrogen (secondary N) is 2. The van der Waals surface area contributed by atoms with Gasteiger partial charge < -0.3 is 61.8 Å². The highest BCUT2D eigenvalue weighted by Crippen LogP contribution is 2.46. The van der Waals surface area contributed by atoms with Crippen molar-refractivity contribution >= 4 is 77.7 Å². The number of nitrogens with two attached hydrogens (primary N) is 3. The fourth-order valence-electron chi connectivity index (χ4n) is 6.70. The van der Waals surface area contributed by atoms with E-state index in [9.17, 15) is 33.7 Å². The first kappa shape index (κ1) is 41.1. The standard InChI is InChI=1S/C33H44N10O11P2/c34-21-9-7-19-14-20-8-10-22(35)16-24(20)42(23(19)15-21)13-5-6-26(44)37-11-3-1-2-4-12-38-33-41-27-30(36)39-18-40-31(27)43(33)32-28(45)29(54-56(49,50)51)25(53-32)17-52-55(46,47)48/h7-10,14-16,18,25,28-29,32,45H,1-6,11-13,17H2,(H11,34,35,36,37,38,39,40,41,44,46,47,48,49,50,51)/t25-,28-,29-,32-/m1/s1. The van der Waals surface area contributed by atoms with Crippen LogP contribution in [0.25, 0.3) is 33.0 Å². The molecule has 1 aliphatic heterocycles. The molecule has 5 atom stereocenters. The summed E-state index contributed by atoms with van der Waals surface area (Å²) in [7, 11) is -10.5. The van der Waals surface area contributed by atoms with Crippen molar-refractivity contribution in [2.75, 3.05) is 42.2 Å². The molecular formula is C33H44N10O11P2. The van der Waals surface area contributed by atoms with Crippen LogP contribution in [0.1, 0.15) is 44.8 Å². The fraction of sp³-hybridized carbons (Fsp3) is 0.424. The molecule has 1 aliphatic rings. The summed E-state index contributed by atoms with van der Waals surface area (Å²) in [6, 6.07) is 13.6. The summed E-state index contributed by atoms with van der Waals surface area (Å²) in [5.41, 5.74) is 21.7. The minimum atomic E-state index is -5.27. The Kier molecular flexibility index (Phi) is 12.7. The number of imidazole rings is 1. The number of hydrogen-bond acceptors (Lipinski definition) is 15. The molecule has 0 radical (unpaired) electrons. The zero-order chi connectivity index (χ0) is 40.2. The van der Waals surface area contributed by atoms with Crippen molar-refractivity contribution in [1.82, 2.24) is 24.8 Å². The highest BCUT2D eigenvalue weighted by Gasteiger charge is 2.50. The van der Waals surface area contributed by atoms with Gasteiger partial charge in [-0.25, -0.2) is 19.5 Å². The quantitative estimate of drug-likeness (QED) is 0.0195. The Hall–Kier alpha value is -4.53. The van der Waals surface area contributed by atoms with Gasteiger partial charge in [0.1, 0.15) is 31.2 Å². The largest absolute Gasteiger partial charge is 0.756 e. The maximum absolute atomic E-state index is 12.7. The average Bonchev–Trinajstić information content (AvgIpc) is 3.64. The van der Waals surface area contributed by atoms with Crippen molar-refractivity contribution in [3.8, 4) is 0 Å². The lowest BCUT2D eigenvalue weighted by atomic mass is 10.1. The van der Waals surface area contributed by atoms with Gasteiger partial charge in [0.25, 0.3) is 7.82 Å². The highest BCUT2D eigenvalue weighted by atomic mass is 31.2. The monoisotopic (exact) mass is 818 g/mol. The van der Waals surface area contributed by atoms with Crippen molar-refractivity contribution in [2.24, 2.45) is 0 Å². The van der Waals surface area contributed by atoms with Crippen LogP contribution in [0.4, 0.5) is 23.1 Å². The number of anilines is 4. The first-order valence-electron chi connectivity index (χ1n) is 17.7. The van der Waals surface area contributed by atoms with E-state index in [0.717, 1.165) is 47.4 Å². The number of nitrogen functional groups attached to an aromatic ring is 3. The summed E-state index contributed by atoms with van der Waals surface area (Å²) in [5.74, 6) is 0.0605. The molecular weight excluding hydrogens is 774 g/mol. The van der Waals surface area contributed by atoms with Gasteiger partial charge in [-0.05, 0) is 43.2 Å². The van der Waals surface area contributed by atoms with E-state index in [0.29, 0.717) is 50.3 Å². The summed E-state index contributed by atoms with van der Waals surface area (Å²) < 4.78 is 41.2. The van der Waals surface area contributed by atoms with E-state index < -0.39 is 46.8 Å². The van der Waals surface area contributed by atoms with Crippen LogP contribution < -0.4 is 37.3 Å². The van der Waals surface area contributed by atoms with Crippen LogP contribution in [0.2, 0.25) is 0 Å². The number of aliphatic hydroxyl groups is 1. The van der Waals surface area contributed by atoms with Crippen LogP contribution in [-0.2, 0) is 34.3 Å². The van der Waals surface area contributed by atoms with E-state index in [1.807, 2.05) is 36.4 Å². The lowest BCUT2D eigenvalue weighted by Gasteiger charge is -2.23. The summed E-state index contributed by atoms with van der Waals surface area (Å²) in [6.45, 7) is 0.554.